The molecule has 5 heteroatoms. The highest BCUT2D eigenvalue weighted by atomic mass is 16.4. The van der Waals surface area contributed by atoms with E-state index in [1.54, 1.807) is 19.1 Å². The summed E-state index contributed by atoms with van der Waals surface area (Å²) in [4.78, 5) is 27.8. The van der Waals surface area contributed by atoms with Gasteiger partial charge in [0.15, 0.2) is 0 Å². The normalized spacial score (nSPS) is 11.3. The van der Waals surface area contributed by atoms with Gasteiger partial charge in [-0.25, -0.2) is 4.79 Å². The maximum absolute atomic E-state index is 12.3. The summed E-state index contributed by atoms with van der Waals surface area (Å²) >= 11 is 0. The molecular weight excluding hydrogens is 256 g/mol. The van der Waals surface area contributed by atoms with Crippen molar-refractivity contribution in [2.45, 2.75) is 26.3 Å². The molecule has 0 aliphatic carbocycles. The number of carbonyl (C=O) groups is 2. The number of aromatic nitrogens is 1. The van der Waals surface area contributed by atoms with Crippen LogP contribution in [0.1, 0.15) is 29.9 Å². The van der Waals surface area contributed by atoms with Gasteiger partial charge in [-0.1, -0.05) is 18.2 Å². The van der Waals surface area contributed by atoms with Crippen LogP contribution < -0.4 is 5.32 Å². The predicted octanol–water partition coefficient (Wildman–Crippen LogP) is 2.14. The number of hydrogen-bond donors (Lipinski definition) is 2. The molecule has 0 aliphatic heterocycles. The summed E-state index contributed by atoms with van der Waals surface area (Å²) in [5, 5.41) is 12.3. The lowest BCUT2D eigenvalue weighted by molar-refractivity contribution is -0.143. The molecule has 0 fully saturated rings. The molecule has 0 atom stereocenters. The monoisotopic (exact) mass is 272 g/mol. The smallest absolute Gasteiger partial charge is 0.328 e. The summed E-state index contributed by atoms with van der Waals surface area (Å²) in [6.07, 6.45) is 0. The maximum Gasteiger partial charge on any atom is 0.328 e. The van der Waals surface area contributed by atoms with Crippen molar-refractivity contribution in [2.75, 3.05) is 0 Å². The second-order valence-corrected chi connectivity index (χ2v) is 5.21. The van der Waals surface area contributed by atoms with Crippen LogP contribution in [0.4, 0.5) is 0 Å². The number of carboxylic acids is 1. The van der Waals surface area contributed by atoms with Gasteiger partial charge in [0.25, 0.3) is 5.91 Å². The van der Waals surface area contributed by atoms with Gasteiger partial charge in [-0.2, -0.15) is 0 Å². The molecule has 1 aromatic carbocycles. The van der Waals surface area contributed by atoms with Crippen LogP contribution in [-0.4, -0.2) is 27.5 Å². The van der Waals surface area contributed by atoms with E-state index >= 15 is 0 Å². The fraction of sp³-hybridized carbons (Fsp3) is 0.267. The van der Waals surface area contributed by atoms with Crippen LogP contribution in [0.3, 0.4) is 0 Å². The average Bonchev–Trinajstić information content (AvgIpc) is 2.36. The first-order valence-electron chi connectivity index (χ1n) is 6.23. The zero-order chi connectivity index (χ0) is 14.9. The Bertz CT molecular complexity index is 693. The quantitative estimate of drug-likeness (QED) is 0.897. The molecule has 5 nitrogen and oxygen atoms in total. The van der Waals surface area contributed by atoms with Gasteiger partial charge < -0.3 is 10.4 Å². The Balaban J connectivity index is 2.47. The average molecular weight is 272 g/mol. The molecule has 1 heterocycles. The lowest BCUT2D eigenvalue weighted by Gasteiger charge is -2.21. The topological polar surface area (TPSA) is 79.3 Å². The van der Waals surface area contributed by atoms with Crippen LogP contribution in [0.5, 0.6) is 0 Å². The first kappa shape index (κ1) is 14.0. The summed E-state index contributed by atoms with van der Waals surface area (Å²) in [6.45, 7) is 4.69. The summed E-state index contributed by atoms with van der Waals surface area (Å²) < 4.78 is 0. The largest absolute Gasteiger partial charge is 0.480 e. The Labute approximate surface area is 116 Å². The van der Waals surface area contributed by atoms with Crippen molar-refractivity contribution in [1.82, 2.24) is 10.3 Å². The van der Waals surface area contributed by atoms with Gasteiger partial charge in [-0.15, -0.1) is 0 Å². The van der Waals surface area contributed by atoms with Crippen molar-refractivity contribution >= 4 is 22.8 Å². The third-order valence-electron chi connectivity index (χ3n) is 3.05. The Morgan fingerprint density at radius 1 is 1.25 bits per heavy atom. The van der Waals surface area contributed by atoms with Gasteiger partial charge in [0, 0.05) is 11.1 Å². The summed E-state index contributed by atoms with van der Waals surface area (Å²) in [5.41, 5.74) is 0.533. The molecule has 2 N–H and O–H groups in total. The van der Waals surface area contributed by atoms with Crippen molar-refractivity contribution in [3.8, 4) is 0 Å². The molecule has 2 aromatic rings. The van der Waals surface area contributed by atoms with E-state index in [9.17, 15) is 9.59 Å². The van der Waals surface area contributed by atoms with Crippen molar-refractivity contribution < 1.29 is 14.7 Å². The van der Waals surface area contributed by atoms with Crippen molar-refractivity contribution in [1.29, 1.82) is 0 Å². The lowest BCUT2D eigenvalue weighted by atomic mass is 10.0. The molecule has 0 aliphatic rings. The molecule has 0 bridgehead atoms. The minimum absolute atomic E-state index is 0.417. The first-order valence-corrected chi connectivity index (χ1v) is 6.23. The Morgan fingerprint density at radius 3 is 2.55 bits per heavy atom. The number of carbonyl (C=O) groups excluding carboxylic acids is 1. The second-order valence-electron chi connectivity index (χ2n) is 5.21. The fourth-order valence-corrected chi connectivity index (χ4v) is 1.90. The number of aliphatic carboxylic acids is 1. The van der Waals surface area contributed by atoms with Gasteiger partial charge in [-0.05, 0) is 32.9 Å². The molecule has 0 saturated carbocycles. The summed E-state index contributed by atoms with van der Waals surface area (Å²) in [7, 11) is 0. The molecule has 0 spiro atoms. The van der Waals surface area contributed by atoms with Crippen LogP contribution in [0.2, 0.25) is 0 Å². The number of rotatable bonds is 3. The van der Waals surface area contributed by atoms with E-state index in [0.29, 0.717) is 22.2 Å². The third kappa shape index (κ3) is 2.61. The lowest BCUT2D eigenvalue weighted by Crippen LogP contribution is -2.49. The first-order chi connectivity index (χ1) is 9.31. The molecule has 1 amide bonds. The van der Waals surface area contributed by atoms with E-state index in [4.69, 9.17) is 5.11 Å². The molecule has 0 radical (unpaired) electrons. The zero-order valence-corrected chi connectivity index (χ0v) is 11.6. The number of nitrogens with zero attached hydrogens (tertiary/aromatic N) is 1. The van der Waals surface area contributed by atoms with Crippen molar-refractivity contribution in [3.05, 3.63) is 41.6 Å². The van der Waals surface area contributed by atoms with Crippen LogP contribution in [0.25, 0.3) is 10.9 Å². The summed E-state index contributed by atoms with van der Waals surface area (Å²) in [6, 6.07) is 8.94. The molecule has 0 saturated heterocycles. The molecule has 1 aromatic heterocycles. The summed E-state index contributed by atoms with van der Waals surface area (Å²) in [5.74, 6) is -1.50. The SMILES string of the molecule is Cc1cc(C(=O)NC(C)(C)C(=O)O)c2ccccc2n1. The van der Waals surface area contributed by atoms with E-state index in [0.717, 1.165) is 0 Å². The molecule has 0 unspecified atom stereocenters. The van der Waals surface area contributed by atoms with Crippen LogP contribution in [-0.2, 0) is 4.79 Å². The highest BCUT2D eigenvalue weighted by Gasteiger charge is 2.29. The maximum atomic E-state index is 12.3. The van der Waals surface area contributed by atoms with Gasteiger partial charge in [0.1, 0.15) is 5.54 Å². The van der Waals surface area contributed by atoms with E-state index < -0.39 is 17.4 Å². The number of aryl methyl sites for hydroxylation is 1. The van der Waals surface area contributed by atoms with E-state index in [-0.39, 0.29) is 0 Å². The number of benzene rings is 1. The van der Waals surface area contributed by atoms with Gasteiger partial charge in [-0.3, -0.25) is 9.78 Å². The third-order valence-corrected chi connectivity index (χ3v) is 3.05. The van der Waals surface area contributed by atoms with Gasteiger partial charge in [0.05, 0.1) is 11.1 Å². The minimum Gasteiger partial charge on any atom is -0.480 e. The van der Waals surface area contributed by atoms with E-state index in [1.165, 1.54) is 13.8 Å². The molecule has 20 heavy (non-hydrogen) atoms. The minimum atomic E-state index is -1.32. The number of carboxylic acid groups (broad SMARTS) is 1. The number of nitrogens with one attached hydrogen (secondary N) is 1. The van der Waals surface area contributed by atoms with Crippen molar-refractivity contribution in [2.24, 2.45) is 0 Å². The predicted molar refractivity (Wildman–Crippen MR) is 75.7 cm³/mol. The van der Waals surface area contributed by atoms with Gasteiger partial charge >= 0.3 is 5.97 Å². The van der Waals surface area contributed by atoms with Crippen LogP contribution >= 0.6 is 0 Å². The fourth-order valence-electron chi connectivity index (χ4n) is 1.90. The number of para-hydroxylation sites is 1. The standard InChI is InChI=1S/C15H16N2O3/c1-9-8-11(10-6-4-5-7-12(10)16-9)13(18)17-15(2,3)14(19)20/h4-8H,1-3H3,(H,17,18)(H,19,20). The van der Waals surface area contributed by atoms with E-state index in [2.05, 4.69) is 10.3 Å². The second kappa shape index (κ2) is 4.92. The van der Waals surface area contributed by atoms with E-state index in [1.807, 2.05) is 18.2 Å². The van der Waals surface area contributed by atoms with Crippen LogP contribution in [0.15, 0.2) is 30.3 Å². The number of hydrogen-bond acceptors (Lipinski definition) is 3. The Hall–Kier alpha value is -2.43. The molecule has 2 rings (SSSR count). The Kier molecular flexibility index (Phi) is 3.44. The zero-order valence-electron chi connectivity index (χ0n) is 11.6. The molecular formula is C15H16N2O3. The van der Waals surface area contributed by atoms with Gasteiger partial charge in [0.2, 0.25) is 0 Å². The highest BCUT2D eigenvalue weighted by Crippen LogP contribution is 2.19. The number of amides is 1. The van der Waals surface area contributed by atoms with Crippen LogP contribution in [0, 0.1) is 6.92 Å². The molecule has 104 valence electrons. The highest BCUT2D eigenvalue weighted by molar-refractivity contribution is 6.07. The number of pyridine rings is 1. The van der Waals surface area contributed by atoms with Crippen molar-refractivity contribution in [3.63, 3.8) is 0 Å². The Morgan fingerprint density at radius 2 is 1.90 bits per heavy atom. The number of fused-ring (bicyclic) bond motifs is 1.